The lowest BCUT2D eigenvalue weighted by Crippen LogP contribution is -2.45. The highest BCUT2D eigenvalue weighted by Crippen LogP contribution is 2.16. The molecule has 0 aliphatic heterocycles. The minimum atomic E-state index is -0.669. The molecule has 3 N–H and O–H groups in total. The minimum absolute atomic E-state index is 0.00482. The Bertz CT molecular complexity index is 951. The van der Waals surface area contributed by atoms with Crippen molar-refractivity contribution < 1.29 is 24.5 Å². The number of carbonyl (C=O) groups excluding carboxylic acids is 2. The fraction of sp³-hybridized carbons (Fsp3) is 0.891. The van der Waals surface area contributed by atoms with Crippen molar-refractivity contribution in [1.29, 1.82) is 0 Å². The maximum atomic E-state index is 12.4. The molecule has 0 fully saturated rings. The van der Waals surface area contributed by atoms with Gasteiger partial charge in [-0.25, -0.2) is 0 Å². The van der Waals surface area contributed by atoms with Gasteiger partial charge in [0, 0.05) is 12.8 Å². The van der Waals surface area contributed by atoms with Crippen LogP contribution in [0.1, 0.15) is 290 Å². The molecule has 0 aromatic rings. The highest BCUT2D eigenvalue weighted by Gasteiger charge is 2.20. The van der Waals surface area contributed by atoms with Crippen molar-refractivity contribution in [3.05, 3.63) is 24.3 Å². The Morgan fingerprint density at radius 2 is 0.770 bits per heavy atom. The maximum absolute atomic E-state index is 12.4. The predicted molar refractivity (Wildman–Crippen MR) is 264 cm³/mol. The molecule has 0 rings (SSSR count). The molecule has 2 atom stereocenters. The Hall–Kier alpha value is -1.66. The molecular formula is C55H105NO5. The van der Waals surface area contributed by atoms with E-state index in [-0.39, 0.29) is 18.5 Å². The molecule has 61 heavy (non-hydrogen) atoms. The number of hydrogen-bond donors (Lipinski definition) is 3. The third-order valence-corrected chi connectivity index (χ3v) is 12.5. The van der Waals surface area contributed by atoms with E-state index in [9.17, 15) is 19.8 Å². The number of aliphatic hydroxyl groups is 2. The second kappa shape index (κ2) is 51.0. The first-order valence-corrected chi connectivity index (χ1v) is 27.1. The summed E-state index contributed by atoms with van der Waals surface area (Å²) < 4.78 is 5.46. The van der Waals surface area contributed by atoms with E-state index in [0.29, 0.717) is 25.9 Å². The smallest absolute Gasteiger partial charge is 0.305 e. The molecule has 0 saturated heterocycles. The van der Waals surface area contributed by atoms with Gasteiger partial charge in [0.15, 0.2) is 0 Å². The van der Waals surface area contributed by atoms with Crippen LogP contribution in [0, 0.1) is 0 Å². The molecule has 2 unspecified atom stereocenters. The molecule has 0 aromatic carbocycles. The average Bonchev–Trinajstić information content (AvgIpc) is 3.26. The van der Waals surface area contributed by atoms with Crippen LogP contribution in [0.5, 0.6) is 0 Å². The summed E-state index contributed by atoms with van der Waals surface area (Å²) in [6.45, 7) is 4.92. The summed E-state index contributed by atoms with van der Waals surface area (Å²) in [5, 5.41) is 23.1. The first-order valence-electron chi connectivity index (χ1n) is 27.1. The molecule has 6 heteroatoms. The first kappa shape index (κ1) is 59.3. The fourth-order valence-corrected chi connectivity index (χ4v) is 8.28. The van der Waals surface area contributed by atoms with E-state index in [1.807, 2.05) is 0 Å². The number of rotatable bonds is 50. The van der Waals surface area contributed by atoms with E-state index in [0.717, 1.165) is 44.9 Å². The molecule has 0 spiro atoms. The van der Waals surface area contributed by atoms with Gasteiger partial charge in [-0.15, -0.1) is 0 Å². The van der Waals surface area contributed by atoms with Crippen LogP contribution in [0.3, 0.4) is 0 Å². The molecular weight excluding hydrogens is 755 g/mol. The summed E-state index contributed by atoms with van der Waals surface area (Å²) in [6.07, 6.45) is 60.1. The third kappa shape index (κ3) is 47.7. The van der Waals surface area contributed by atoms with Crippen molar-refractivity contribution >= 4 is 11.9 Å². The van der Waals surface area contributed by atoms with Crippen molar-refractivity contribution in [3.63, 3.8) is 0 Å². The van der Waals surface area contributed by atoms with Gasteiger partial charge in [0.2, 0.25) is 5.91 Å². The summed E-state index contributed by atoms with van der Waals surface area (Å²) in [7, 11) is 0. The summed E-state index contributed by atoms with van der Waals surface area (Å²) in [6, 6.07) is -0.547. The van der Waals surface area contributed by atoms with Crippen molar-refractivity contribution in [1.82, 2.24) is 5.32 Å². The molecule has 0 saturated carbocycles. The standard InChI is InChI=1S/C55H105NO5/c1-3-5-7-9-11-13-15-16-25-29-33-37-41-45-49-55(60)61-50-46-42-38-34-30-26-23-21-19-17-18-20-22-24-28-32-36-40-44-48-54(59)56-52(51-57)53(58)47-43-39-35-31-27-14-12-10-8-6-4-2/h15-18,52-53,57-58H,3-14,19-51H2,1-2H3,(H,56,59)/b16-15-,18-17-. The first-order chi connectivity index (χ1) is 30.0. The quantitative estimate of drug-likeness (QED) is 0.0322. The van der Waals surface area contributed by atoms with Crippen LogP contribution in [-0.4, -0.2) is 47.4 Å². The highest BCUT2D eigenvalue weighted by atomic mass is 16.5. The number of carbonyl (C=O) groups is 2. The molecule has 1 amide bonds. The number of allylic oxidation sites excluding steroid dienone is 4. The number of esters is 1. The van der Waals surface area contributed by atoms with Crippen molar-refractivity contribution in [2.24, 2.45) is 0 Å². The van der Waals surface area contributed by atoms with E-state index in [4.69, 9.17) is 4.74 Å². The van der Waals surface area contributed by atoms with Crippen LogP contribution in [0.4, 0.5) is 0 Å². The Balaban J connectivity index is 3.43. The van der Waals surface area contributed by atoms with Crippen LogP contribution >= 0.6 is 0 Å². The third-order valence-electron chi connectivity index (χ3n) is 12.5. The summed E-state index contributed by atoms with van der Waals surface area (Å²) in [5.41, 5.74) is 0. The number of ether oxygens (including phenoxy) is 1. The van der Waals surface area contributed by atoms with Gasteiger partial charge in [0.25, 0.3) is 0 Å². The number of amides is 1. The Morgan fingerprint density at radius 1 is 0.443 bits per heavy atom. The van der Waals surface area contributed by atoms with E-state index < -0.39 is 12.1 Å². The van der Waals surface area contributed by atoms with Crippen molar-refractivity contribution in [2.45, 2.75) is 302 Å². The molecule has 0 bridgehead atoms. The van der Waals surface area contributed by atoms with Gasteiger partial charge >= 0.3 is 5.97 Å². The zero-order valence-corrected chi connectivity index (χ0v) is 40.9. The van der Waals surface area contributed by atoms with Gasteiger partial charge in [-0.3, -0.25) is 9.59 Å². The normalized spacial score (nSPS) is 12.8. The topological polar surface area (TPSA) is 95.9 Å². The van der Waals surface area contributed by atoms with E-state index in [2.05, 4.69) is 43.5 Å². The van der Waals surface area contributed by atoms with Crippen LogP contribution in [0.25, 0.3) is 0 Å². The lowest BCUT2D eigenvalue weighted by atomic mass is 10.0. The highest BCUT2D eigenvalue weighted by molar-refractivity contribution is 5.76. The molecule has 6 nitrogen and oxygen atoms in total. The summed E-state index contributed by atoms with van der Waals surface area (Å²) >= 11 is 0. The fourth-order valence-electron chi connectivity index (χ4n) is 8.28. The maximum Gasteiger partial charge on any atom is 0.305 e. The van der Waals surface area contributed by atoms with Gasteiger partial charge in [-0.1, -0.05) is 224 Å². The largest absolute Gasteiger partial charge is 0.466 e. The summed E-state index contributed by atoms with van der Waals surface area (Å²) in [4.78, 5) is 24.4. The molecule has 0 aliphatic rings. The zero-order valence-electron chi connectivity index (χ0n) is 40.9. The van der Waals surface area contributed by atoms with E-state index in [1.165, 1.54) is 212 Å². The number of aliphatic hydroxyl groups excluding tert-OH is 2. The van der Waals surface area contributed by atoms with Gasteiger partial charge < -0.3 is 20.3 Å². The van der Waals surface area contributed by atoms with Gasteiger partial charge in [0.05, 0.1) is 25.4 Å². The molecule has 0 heterocycles. The Kier molecular flexibility index (Phi) is 49.6. The second-order valence-electron chi connectivity index (χ2n) is 18.6. The monoisotopic (exact) mass is 860 g/mol. The number of hydrogen-bond acceptors (Lipinski definition) is 5. The summed E-state index contributed by atoms with van der Waals surface area (Å²) in [5.74, 6) is -0.0507. The molecule has 360 valence electrons. The van der Waals surface area contributed by atoms with E-state index in [1.54, 1.807) is 0 Å². The van der Waals surface area contributed by atoms with Crippen LogP contribution in [-0.2, 0) is 14.3 Å². The minimum Gasteiger partial charge on any atom is -0.466 e. The second-order valence-corrected chi connectivity index (χ2v) is 18.6. The molecule has 0 radical (unpaired) electrons. The Morgan fingerprint density at radius 3 is 1.16 bits per heavy atom. The number of unbranched alkanes of at least 4 members (excludes halogenated alkanes) is 35. The van der Waals surface area contributed by atoms with Crippen LogP contribution < -0.4 is 5.32 Å². The number of nitrogens with one attached hydrogen (secondary N) is 1. The van der Waals surface area contributed by atoms with Gasteiger partial charge in [-0.05, 0) is 77.0 Å². The Labute approximate surface area is 380 Å². The molecule has 0 aromatic heterocycles. The van der Waals surface area contributed by atoms with Gasteiger partial charge in [-0.2, -0.15) is 0 Å². The SMILES string of the molecule is CCCCCCC/C=C\CCCCCCCC(=O)OCCCCCCCCCC/C=C\CCCCCCCCCC(=O)NC(CO)C(O)CCCCCCCCCCCCC. The molecule has 0 aliphatic carbocycles. The van der Waals surface area contributed by atoms with Crippen molar-refractivity contribution in [2.75, 3.05) is 13.2 Å². The van der Waals surface area contributed by atoms with Crippen LogP contribution in [0.2, 0.25) is 0 Å². The van der Waals surface area contributed by atoms with E-state index >= 15 is 0 Å². The average molecular weight is 860 g/mol. The predicted octanol–water partition coefficient (Wildman–Crippen LogP) is 16.3. The van der Waals surface area contributed by atoms with Crippen molar-refractivity contribution in [3.8, 4) is 0 Å². The zero-order chi connectivity index (χ0) is 44.4. The lowest BCUT2D eigenvalue weighted by Gasteiger charge is -2.22. The van der Waals surface area contributed by atoms with Crippen LogP contribution in [0.15, 0.2) is 24.3 Å². The lowest BCUT2D eigenvalue weighted by molar-refractivity contribution is -0.143. The van der Waals surface area contributed by atoms with Gasteiger partial charge in [0.1, 0.15) is 0 Å².